The summed E-state index contributed by atoms with van der Waals surface area (Å²) in [6, 6.07) is 0. The Labute approximate surface area is 105 Å². The van der Waals surface area contributed by atoms with Gasteiger partial charge in [0.05, 0.1) is 11.1 Å². The Morgan fingerprint density at radius 2 is 1.76 bits per heavy atom. The molecule has 4 nitrogen and oxygen atoms in total. The zero-order valence-corrected chi connectivity index (χ0v) is 11.3. The first-order chi connectivity index (χ1) is 7.84. The minimum Gasteiger partial charge on any atom is -0.478 e. The van der Waals surface area contributed by atoms with Crippen molar-refractivity contribution in [2.45, 2.75) is 27.7 Å². The fourth-order valence-electron chi connectivity index (χ4n) is 1.60. The maximum atomic E-state index is 11.9. The normalized spacial score (nSPS) is 10.6. The van der Waals surface area contributed by atoms with E-state index in [4.69, 9.17) is 5.11 Å². The van der Waals surface area contributed by atoms with Crippen molar-refractivity contribution in [3.8, 4) is 0 Å². The molecule has 0 aliphatic carbocycles. The maximum absolute atomic E-state index is 11.9. The summed E-state index contributed by atoms with van der Waals surface area (Å²) in [4.78, 5) is 24.5. The number of aromatic carboxylic acids is 1. The molecule has 5 heteroatoms. The van der Waals surface area contributed by atoms with Gasteiger partial charge in [0.15, 0.2) is 0 Å². The molecule has 1 amide bonds. The highest BCUT2D eigenvalue weighted by atomic mass is 32.1. The van der Waals surface area contributed by atoms with Crippen LogP contribution in [-0.4, -0.2) is 23.5 Å². The van der Waals surface area contributed by atoms with Crippen LogP contribution in [0.25, 0.3) is 0 Å². The molecule has 0 radical (unpaired) electrons. The molecule has 1 aromatic rings. The third-order valence-electron chi connectivity index (χ3n) is 2.37. The van der Waals surface area contributed by atoms with Crippen LogP contribution >= 0.6 is 11.3 Å². The first kappa shape index (κ1) is 13.7. The van der Waals surface area contributed by atoms with Crippen LogP contribution in [0, 0.1) is 19.8 Å². The summed E-state index contributed by atoms with van der Waals surface area (Å²) in [7, 11) is 0. The fourth-order valence-corrected chi connectivity index (χ4v) is 2.65. The molecule has 94 valence electrons. The highest BCUT2D eigenvalue weighted by Gasteiger charge is 2.24. The van der Waals surface area contributed by atoms with Crippen molar-refractivity contribution in [2.24, 2.45) is 5.92 Å². The van der Waals surface area contributed by atoms with E-state index in [-0.39, 0.29) is 11.5 Å². The quantitative estimate of drug-likeness (QED) is 0.868. The van der Waals surface area contributed by atoms with Gasteiger partial charge in [-0.1, -0.05) is 13.8 Å². The Balaban J connectivity index is 3.04. The van der Waals surface area contributed by atoms with Crippen molar-refractivity contribution >= 4 is 23.2 Å². The molecular formula is C12H17NO3S. The number of hydrogen-bond donors (Lipinski definition) is 2. The van der Waals surface area contributed by atoms with Crippen LogP contribution in [0.1, 0.15) is 44.3 Å². The summed E-state index contributed by atoms with van der Waals surface area (Å²) in [6.45, 7) is 8.02. The van der Waals surface area contributed by atoms with Crippen LogP contribution in [0.2, 0.25) is 0 Å². The molecule has 0 fully saturated rings. The second-order valence-corrected chi connectivity index (χ2v) is 5.80. The Kier molecular flexibility index (Phi) is 4.28. The zero-order valence-electron chi connectivity index (χ0n) is 10.5. The van der Waals surface area contributed by atoms with Crippen LogP contribution in [0.5, 0.6) is 0 Å². The Hall–Kier alpha value is -1.36. The van der Waals surface area contributed by atoms with Crippen LogP contribution in [0.4, 0.5) is 0 Å². The molecular weight excluding hydrogens is 238 g/mol. The minimum atomic E-state index is -1.04. The second kappa shape index (κ2) is 5.31. The van der Waals surface area contributed by atoms with Gasteiger partial charge in [-0.15, -0.1) is 11.3 Å². The molecule has 0 aliphatic rings. The van der Waals surface area contributed by atoms with Crippen molar-refractivity contribution in [2.75, 3.05) is 6.54 Å². The Bertz CT molecular complexity index is 449. The van der Waals surface area contributed by atoms with Gasteiger partial charge in [-0.3, -0.25) is 4.79 Å². The van der Waals surface area contributed by atoms with Crippen molar-refractivity contribution in [3.63, 3.8) is 0 Å². The average molecular weight is 255 g/mol. The van der Waals surface area contributed by atoms with Gasteiger partial charge in [0, 0.05) is 16.3 Å². The number of carboxylic acid groups (broad SMARTS) is 1. The topological polar surface area (TPSA) is 66.4 Å². The summed E-state index contributed by atoms with van der Waals surface area (Å²) in [6.07, 6.45) is 0. The van der Waals surface area contributed by atoms with E-state index in [1.54, 1.807) is 13.8 Å². The first-order valence-corrected chi connectivity index (χ1v) is 6.27. The summed E-state index contributed by atoms with van der Waals surface area (Å²) in [5.41, 5.74) is 0.439. The second-order valence-electron chi connectivity index (χ2n) is 4.37. The number of rotatable bonds is 4. The number of hydrogen-bond acceptors (Lipinski definition) is 3. The van der Waals surface area contributed by atoms with Crippen LogP contribution < -0.4 is 5.32 Å². The van der Waals surface area contributed by atoms with Crippen molar-refractivity contribution in [1.29, 1.82) is 0 Å². The van der Waals surface area contributed by atoms with E-state index in [1.807, 2.05) is 13.8 Å². The van der Waals surface area contributed by atoms with Gasteiger partial charge in [0.25, 0.3) is 5.91 Å². The third-order valence-corrected chi connectivity index (χ3v) is 3.39. The van der Waals surface area contributed by atoms with E-state index in [2.05, 4.69) is 5.32 Å². The predicted octanol–water partition coefficient (Wildman–Crippen LogP) is 2.45. The number of carbonyl (C=O) groups is 2. The van der Waals surface area contributed by atoms with E-state index in [9.17, 15) is 9.59 Å². The van der Waals surface area contributed by atoms with Gasteiger partial charge in [0.1, 0.15) is 0 Å². The number of aryl methyl sites for hydroxylation is 2. The third kappa shape index (κ3) is 3.06. The van der Waals surface area contributed by atoms with Gasteiger partial charge < -0.3 is 10.4 Å². The maximum Gasteiger partial charge on any atom is 0.337 e. The lowest BCUT2D eigenvalue weighted by molar-refractivity contribution is 0.0691. The fraction of sp³-hybridized carbons (Fsp3) is 0.500. The minimum absolute atomic E-state index is 0.133. The highest BCUT2D eigenvalue weighted by molar-refractivity contribution is 7.12. The summed E-state index contributed by atoms with van der Waals surface area (Å²) < 4.78 is 0. The highest BCUT2D eigenvalue weighted by Crippen LogP contribution is 2.27. The van der Waals surface area contributed by atoms with Gasteiger partial charge in [-0.25, -0.2) is 4.79 Å². The average Bonchev–Trinajstić information content (AvgIpc) is 2.49. The molecule has 1 aromatic heterocycles. The van der Waals surface area contributed by atoms with Crippen LogP contribution in [0.3, 0.4) is 0 Å². The lowest BCUT2D eigenvalue weighted by Crippen LogP contribution is -2.28. The molecule has 0 saturated heterocycles. The SMILES string of the molecule is Cc1sc(C)c(C(=O)NCC(C)C)c1C(=O)O. The standard InChI is InChI=1S/C12H17NO3S/c1-6(2)5-13-11(14)9-7(3)17-8(4)10(9)12(15)16/h6H,5H2,1-4H3,(H,13,14)(H,15,16). The van der Waals surface area contributed by atoms with E-state index in [1.165, 1.54) is 11.3 Å². The van der Waals surface area contributed by atoms with E-state index in [0.717, 1.165) is 4.88 Å². The molecule has 2 N–H and O–H groups in total. The van der Waals surface area contributed by atoms with Crippen molar-refractivity contribution in [1.82, 2.24) is 5.32 Å². The lowest BCUT2D eigenvalue weighted by Gasteiger charge is -2.08. The molecule has 1 rings (SSSR count). The van der Waals surface area contributed by atoms with Crippen molar-refractivity contribution < 1.29 is 14.7 Å². The molecule has 17 heavy (non-hydrogen) atoms. The number of thiophene rings is 1. The summed E-state index contributed by atoms with van der Waals surface area (Å²) in [5.74, 6) is -0.994. The largest absolute Gasteiger partial charge is 0.478 e. The monoisotopic (exact) mass is 255 g/mol. The molecule has 1 heterocycles. The lowest BCUT2D eigenvalue weighted by atomic mass is 10.1. The molecule has 0 atom stereocenters. The van der Waals surface area contributed by atoms with Gasteiger partial charge in [0.2, 0.25) is 0 Å². The van der Waals surface area contributed by atoms with E-state index < -0.39 is 5.97 Å². The van der Waals surface area contributed by atoms with E-state index >= 15 is 0 Å². The molecule has 0 aliphatic heterocycles. The number of amides is 1. The molecule has 0 aromatic carbocycles. The molecule has 0 unspecified atom stereocenters. The number of carboxylic acids is 1. The Morgan fingerprint density at radius 1 is 1.24 bits per heavy atom. The van der Waals surface area contributed by atoms with Crippen LogP contribution in [0.15, 0.2) is 0 Å². The van der Waals surface area contributed by atoms with Crippen molar-refractivity contribution in [3.05, 3.63) is 20.9 Å². The number of carbonyl (C=O) groups excluding carboxylic acids is 1. The predicted molar refractivity (Wildman–Crippen MR) is 67.9 cm³/mol. The zero-order chi connectivity index (χ0) is 13.2. The number of nitrogens with one attached hydrogen (secondary N) is 1. The van der Waals surface area contributed by atoms with Gasteiger partial charge in [-0.2, -0.15) is 0 Å². The molecule has 0 saturated carbocycles. The summed E-state index contributed by atoms with van der Waals surface area (Å²) >= 11 is 1.35. The molecule has 0 spiro atoms. The molecule has 0 bridgehead atoms. The summed E-state index contributed by atoms with van der Waals surface area (Å²) in [5, 5.41) is 11.9. The van der Waals surface area contributed by atoms with E-state index in [0.29, 0.717) is 22.9 Å². The van der Waals surface area contributed by atoms with Gasteiger partial charge >= 0.3 is 5.97 Å². The van der Waals surface area contributed by atoms with Gasteiger partial charge in [-0.05, 0) is 19.8 Å². The Morgan fingerprint density at radius 3 is 2.24 bits per heavy atom. The smallest absolute Gasteiger partial charge is 0.337 e. The van der Waals surface area contributed by atoms with Crippen LogP contribution in [-0.2, 0) is 0 Å². The first-order valence-electron chi connectivity index (χ1n) is 5.46.